The Morgan fingerprint density at radius 1 is 1.00 bits per heavy atom. The predicted octanol–water partition coefficient (Wildman–Crippen LogP) is -2.99. The normalized spacial score (nSPS) is 38.5. The highest BCUT2D eigenvalue weighted by Gasteiger charge is 2.47. The van der Waals surface area contributed by atoms with Crippen molar-refractivity contribution in [3.05, 3.63) is 0 Å². The fourth-order valence-electron chi connectivity index (χ4n) is 1.44. The molecule has 14 heteroatoms. The third-order valence-electron chi connectivity index (χ3n) is 2.30. The summed E-state index contributed by atoms with van der Waals surface area (Å²) in [6.07, 6.45) is -9.12. The van der Waals surface area contributed by atoms with Gasteiger partial charge in [-0.15, -0.1) is 0 Å². The molecule has 1 rings (SSSR count). The SMILES string of the molecule is O=P(O)(O)OP(=O)(O)OC1O[C@H](CO)[C@@H](O)[C@H](O)[C@H]1O. The van der Waals surface area contributed by atoms with Crippen molar-refractivity contribution in [3.8, 4) is 0 Å². The number of phosphoric acid groups is 2. The minimum atomic E-state index is -5.36. The first kappa shape index (κ1) is 18.1. The van der Waals surface area contributed by atoms with Crippen LogP contribution in [0, 0.1) is 0 Å². The van der Waals surface area contributed by atoms with Gasteiger partial charge in [-0.2, -0.15) is 4.31 Å². The molecule has 7 N–H and O–H groups in total. The maximum absolute atomic E-state index is 11.2. The second kappa shape index (κ2) is 6.44. The Kier molecular flexibility index (Phi) is 5.83. The van der Waals surface area contributed by atoms with Crippen LogP contribution in [0.15, 0.2) is 0 Å². The topological polar surface area (TPSA) is 203 Å². The monoisotopic (exact) mass is 340 g/mol. The van der Waals surface area contributed by atoms with E-state index in [0.29, 0.717) is 0 Å². The van der Waals surface area contributed by atoms with Crippen LogP contribution >= 0.6 is 15.6 Å². The van der Waals surface area contributed by atoms with E-state index >= 15 is 0 Å². The van der Waals surface area contributed by atoms with Gasteiger partial charge < -0.3 is 39.8 Å². The Hall–Kier alpha value is 0.0600. The zero-order chi connectivity index (χ0) is 15.7. The minimum Gasteiger partial charge on any atom is -0.394 e. The molecule has 20 heavy (non-hydrogen) atoms. The molecule has 0 amide bonds. The van der Waals surface area contributed by atoms with Crippen LogP contribution in [0.1, 0.15) is 0 Å². The lowest BCUT2D eigenvalue weighted by Gasteiger charge is -2.39. The number of phosphoric ester groups is 1. The average molecular weight is 340 g/mol. The van der Waals surface area contributed by atoms with E-state index in [-0.39, 0.29) is 0 Å². The van der Waals surface area contributed by atoms with Crippen molar-refractivity contribution in [1.82, 2.24) is 0 Å². The Balaban J connectivity index is 2.80. The number of hydrogen-bond acceptors (Lipinski definition) is 9. The number of hydrogen-bond donors (Lipinski definition) is 7. The first-order valence-corrected chi connectivity index (χ1v) is 8.08. The molecule has 0 aromatic rings. The van der Waals surface area contributed by atoms with Crippen molar-refractivity contribution in [3.63, 3.8) is 0 Å². The summed E-state index contributed by atoms with van der Waals surface area (Å²) in [5.74, 6) is 0. The van der Waals surface area contributed by atoms with Gasteiger partial charge in [-0.3, -0.25) is 4.52 Å². The van der Waals surface area contributed by atoms with Gasteiger partial charge in [0.2, 0.25) is 0 Å². The van der Waals surface area contributed by atoms with Gasteiger partial charge in [-0.05, 0) is 0 Å². The molecule has 0 saturated carbocycles. The molecule has 0 radical (unpaired) electrons. The van der Waals surface area contributed by atoms with Gasteiger partial charge in [0.1, 0.15) is 24.4 Å². The fraction of sp³-hybridized carbons (Fsp3) is 1.00. The molecule has 1 heterocycles. The van der Waals surface area contributed by atoms with Gasteiger partial charge in [-0.25, -0.2) is 9.13 Å². The van der Waals surface area contributed by atoms with E-state index in [2.05, 4.69) is 13.6 Å². The smallest absolute Gasteiger partial charge is 0.394 e. The van der Waals surface area contributed by atoms with E-state index in [9.17, 15) is 24.4 Å². The van der Waals surface area contributed by atoms with E-state index in [0.717, 1.165) is 0 Å². The summed E-state index contributed by atoms with van der Waals surface area (Å²) in [4.78, 5) is 25.8. The van der Waals surface area contributed by atoms with Crippen LogP contribution in [-0.4, -0.2) is 72.4 Å². The van der Waals surface area contributed by atoms with E-state index in [1.54, 1.807) is 0 Å². The van der Waals surface area contributed by atoms with Gasteiger partial charge in [-0.1, -0.05) is 0 Å². The minimum absolute atomic E-state index is 0.820. The molecule has 0 aromatic carbocycles. The molecule has 12 nitrogen and oxygen atoms in total. The van der Waals surface area contributed by atoms with Gasteiger partial charge in [0.05, 0.1) is 6.61 Å². The second-order valence-corrected chi connectivity index (χ2v) is 6.63. The predicted molar refractivity (Wildman–Crippen MR) is 57.8 cm³/mol. The van der Waals surface area contributed by atoms with Crippen LogP contribution in [0.5, 0.6) is 0 Å². The fourth-order valence-corrected chi connectivity index (χ4v) is 3.11. The molecule has 1 saturated heterocycles. The van der Waals surface area contributed by atoms with Crippen molar-refractivity contribution in [2.24, 2.45) is 0 Å². The van der Waals surface area contributed by atoms with E-state index in [1.165, 1.54) is 0 Å². The molecule has 0 aromatic heterocycles. The Bertz CT molecular complexity index is 418. The molecule has 0 bridgehead atoms. The first-order valence-electron chi connectivity index (χ1n) is 5.05. The van der Waals surface area contributed by atoms with Crippen LogP contribution in [0.3, 0.4) is 0 Å². The lowest BCUT2D eigenvalue weighted by Crippen LogP contribution is -2.58. The summed E-state index contributed by atoms with van der Waals surface area (Å²) >= 11 is 0. The summed E-state index contributed by atoms with van der Waals surface area (Å²) in [6, 6.07) is 0. The number of ether oxygens (including phenoxy) is 1. The Morgan fingerprint density at radius 3 is 2.00 bits per heavy atom. The first-order chi connectivity index (χ1) is 8.97. The second-order valence-electron chi connectivity index (χ2n) is 3.84. The quantitative estimate of drug-likeness (QED) is 0.250. The zero-order valence-electron chi connectivity index (χ0n) is 9.66. The molecule has 0 aliphatic carbocycles. The number of aliphatic hydroxyl groups is 4. The van der Waals surface area contributed by atoms with Gasteiger partial charge in [0.25, 0.3) is 0 Å². The van der Waals surface area contributed by atoms with Crippen molar-refractivity contribution in [1.29, 1.82) is 0 Å². The largest absolute Gasteiger partial charge is 0.483 e. The van der Waals surface area contributed by atoms with E-state index in [1.807, 2.05) is 0 Å². The maximum atomic E-state index is 11.2. The van der Waals surface area contributed by atoms with Crippen LogP contribution in [0.4, 0.5) is 0 Å². The molecular weight excluding hydrogens is 326 g/mol. The van der Waals surface area contributed by atoms with Crippen molar-refractivity contribution >= 4 is 15.6 Å². The van der Waals surface area contributed by atoms with Crippen LogP contribution in [0.2, 0.25) is 0 Å². The summed E-state index contributed by atoms with van der Waals surface area (Å²) in [7, 11) is -10.7. The molecule has 0 spiro atoms. The highest BCUT2D eigenvalue weighted by molar-refractivity contribution is 7.60. The maximum Gasteiger partial charge on any atom is 0.483 e. The molecule has 6 atom stereocenters. The standard InChI is InChI=1S/C6H14O12P2/c7-1-2-3(8)4(9)5(10)6(16-2)17-20(14,15)18-19(11,12)13/h2-10H,1H2,(H,14,15)(H2,11,12,13)/t2-,3-,4+,5-,6?/m1/s1. The van der Waals surface area contributed by atoms with E-state index < -0.39 is 53.0 Å². The number of aliphatic hydroxyl groups excluding tert-OH is 4. The molecule has 2 unspecified atom stereocenters. The van der Waals surface area contributed by atoms with E-state index in [4.69, 9.17) is 19.8 Å². The molecule has 1 fully saturated rings. The number of rotatable bonds is 5. The van der Waals surface area contributed by atoms with Gasteiger partial charge in [0, 0.05) is 0 Å². The Morgan fingerprint density at radius 2 is 1.55 bits per heavy atom. The van der Waals surface area contributed by atoms with Crippen LogP contribution in [0.25, 0.3) is 0 Å². The van der Waals surface area contributed by atoms with Crippen molar-refractivity contribution in [2.45, 2.75) is 30.7 Å². The summed E-state index contributed by atoms with van der Waals surface area (Å²) in [6.45, 7) is -0.820. The summed E-state index contributed by atoms with van der Waals surface area (Å²) in [5, 5.41) is 37.1. The molecule has 120 valence electrons. The van der Waals surface area contributed by atoms with Gasteiger partial charge in [0.15, 0.2) is 6.29 Å². The van der Waals surface area contributed by atoms with Crippen molar-refractivity contribution in [2.75, 3.05) is 6.61 Å². The average Bonchev–Trinajstić information content (AvgIpc) is 2.26. The third kappa shape index (κ3) is 4.81. The lowest BCUT2D eigenvalue weighted by molar-refractivity contribution is -0.280. The van der Waals surface area contributed by atoms with Gasteiger partial charge >= 0.3 is 15.6 Å². The summed E-state index contributed by atoms with van der Waals surface area (Å²) in [5.41, 5.74) is 0. The molecule has 1 aliphatic heterocycles. The Labute approximate surface area is 112 Å². The van der Waals surface area contributed by atoms with Crippen LogP contribution < -0.4 is 0 Å². The highest BCUT2D eigenvalue weighted by Crippen LogP contribution is 2.58. The zero-order valence-corrected chi connectivity index (χ0v) is 11.4. The van der Waals surface area contributed by atoms with Crippen molar-refractivity contribution < 1.29 is 57.8 Å². The third-order valence-corrected chi connectivity index (χ3v) is 4.45. The molecular formula is C6H14O12P2. The highest BCUT2D eigenvalue weighted by atomic mass is 31.3. The molecule has 1 aliphatic rings. The van der Waals surface area contributed by atoms with Crippen LogP contribution in [-0.2, 0) is 22.7 Å². The lowest BCUT2D eigenvalue weighted by atomic mass is 10.00. The summed E-state index contributed by atoms with van der Waals surface area (Å²) < 4.78 is 34.0.